The Morgan fingerprint density at radius 1 is 1.11 bits per heavy atom. The highest BCUT2D eigenvalue weighted by Gasteiger charge is 2.10. The quantitative estimate of drug-likeness (QED) is 0.835. The third-order valence-electron chi connectivity index (χ3n) is 2.95. The van der Waals surface area contributed by atoms with Gasteiger partial charge in [-0.25, -0.2) is 9.97 Å². The summed E-state index contributed by atoms with van der Waals surface area (Å²) in [6, 6.07) is 10.9. The Morgan fingerprint density at radius 2 is 1.83 bits per heavy atom. The first kappa shape index (κ1) is 12.6. The monoisotopic (exact) mass is 241 g/mol. The molecule has 0 aliphatic heterocycles. The van der Waals surface area contributed by atoms with E-state index in [0.29, 0.717) is 6.04 Å². The number of anilines is 1. The third kappa shape index (κ3) is 3.55. The highest BCUT2D eigenvalue weighted by atomic mass is 15.0. The Labute approximate surface area is 108 Å². The Kier molecular flexibility index (Phi) is 4.70. The number of hydrogen-bond donors (Lipinski definition) is 1. The average Bonchev–Trinajstić information content (AvgIpc) is 2.45. The van der Waals surface area contributed by atoms with Gasteiger partial charge < -0.3 is 5.32 Å². The molecule has 1 unspecified atom stereocenters. The lowest BCUT2D eigenvalue weighted by Gasteiger charge is -2.19. The van der Waals surface area contributed by atoms with Crippen LogP contribution >= 0.6 is 0 Å². The summed E-state index contributed by atoms with van der Waals surface area (Å²) >= 11 is 0. The zero-order valence-electron chi connectivity index (χ0n) is 10.7. The second kappa shape index (κ2) is 6.74. The maximum Gasteiger partial charge on any atom is 0.115 e. The fraction of sp³-hybridized carbons (Fsp3) is 0.333. The molecule has 1 atom stereocenters. The van der Waals surface area contributed by atoms with E-state index < -0.39 is 0 Å². The van der Waals surface area contributed by atoms with E-state index in [-0.39, 0.29) is 0 Å². The Bertz CT molecular complexity index is 442. The number of nitrogens with zero attached hydrogens (tertiary/aromatic N) is 2. The van der Waals surface area contributed by atoms with Gasteiger partial charge in [0.15, 0.2) is 0 Å². The van der Waals surface area contributed by atoms with Crippen molar-refractivity contribution in [2.75, 3.05) is 5.32 Å². The van der Waals surface area contributed by atoms with Crippen LogP contribution in [0.3, 0.4) is 0 Å². The molecule has 0 fully saturated rings. The largest absolute Gasteiger partial charge is 0.376 e. The van der Waals surface area contributed by atoms with E-state index in [1.54, 1.807) is 6.33 Å². The molecule has 1 N–H and O–H groups in total. The van der Waals surface area contributed by atoms with Crippen molar-refractivity contribution in [1.29, 1.82) is 0 Å². The summed E-state index contributed by atoms with van der Waals surface area (Å²) in [7, 11) is 0. The van der Waals surface area contributed by atoms with Crippen LogP contribution in [0.2, 0.25) is 0 Å². The van der Waals surface area contributed by atoms with Crippen molar-refractivity contribution in [3.05, 3.63) is 54.6 Å². The van der Waals surface area contributed by atoms with Crippen LogP contribution in [0.1, 0.15) is 37.8 Å². The van der Waals surface area contributed by atoms with Gasteiger partial charge in [0.05, 0.1) is 24.1 Å². The van der Waals surface area contributed by atoms with Gasteiger partial charge in [-0.1, -0.05) is 50.1 Å². The maximum atomic E-state index is 4.04. The molecule has 0 saturated carbocycles. The topological polar surface area (TPSA) is 37.8 Å². The van der Waals surface area contributed by atoms with Crippen molar-refractivity contribution in [1.82, 2.24) is 9.97 Å². The lowest BCUT2D eigenvalue weighted by Crippen LogP contribution is -2.11. The average molecular weight is 241 g/mol. The normalized spacial score (nSPS) is 12.1. The van der Waals surface area contributed by atoms with Crippen LogP contribution in [-0.2, 0) is 0 Å². The third-order valence-corrected chi connectivity index (χ3v) is 2.95. The minimum atomic E-state index is 0.331. The first-order valence-electron chi connectivity index (χ1n) is 6.46. The molecule has 2 rings (SSSR count). The summed E-state index contributed by atoms with van der Waals surface area (Å²) in [4.78, 5) is 8.08. The first-order valence-corrected chi connectivity index (χ1v) is 6.46. The van der Waals surface area contributed by atoms with E-state index in [0.717, 1.165) is 12.1 Å². The molecular weight excluding hydrogens is 222 g/mol. The highest BCUT2D eigenvalue weighted by Crippen LogP contribution is 2.23. The lowest BCUT2D eigenvalue weighted by atomic mass is 10.0. The van der Waals surface area contributed by atoms with Crippen molar-refractivity contribution in [3.8, 4) is 0 Å². The Hall–Kier alpha value is -1.90. The van der Waals surface area contributed by atoms with Crippen LogP contribution < -0.4 is 5.32 Å². The fourth-order valence-electron chi connectivity index (χ4n) is 1.99. The number of rotatable bonds is 6. The van der Waals surface area contributed by atoms with Gasteiger partial charge in [0.1, 0.15) is 6.33 Å². The molecule has 0 radical (unpaired) electrons. The zero-order chi connectivity index (χ0) is 12.6. The van der Waals surface area contributed by atoms with E-state index in [1.807, 2.05) is 18.5 Å². The molecule has 0 saturated heterocycles. The van der Waals surface area contributed by atoms with Crippen LogP contribution in [-0.4, -0.2) is 9.97 Å². The SMILES string of the molecule is CCCCC(Nc1cncnc1)c1ccccc1. The molecule has 0 spiro atoms. The Balaban J connectivity index is 2.10. The molecule has 0 aliphatic rings. The molecule has 3 nitrogen and oxygen atoms in total. The smallest absolute Gasteiger partial charge is 0.115 e. The molecule has 94 valence electrons. The minimum Gasteiger partial charge on any atom is -0.376 e. The van der Waals surface area contributed by atoms with Gasteiger partial charge in [0, 0.05) is 0 Å². The summed E-state index contributed by atoms with van der Waals surface area (Å²) in [6.07, 6.45) is 8.71. The first-order chi connectivity index (χ1) is 8.90. The second-order valence-corrected chi connectivity index (χ2v) is 4.38. The number of nitrogens with one attached hydrogen (secondary N) is 1. The van der Waals surface area contributed by atoms with Crippen molar-refractivity contribution in [3.63, 3.8) is 0 Å². The van der Waals surface area contributed by atoms with Crippen LogP contribution in [0, 0.1) is 0 Å². The van der Waals surface area contributed by atoms with Crippen molar-refractivity contribution in [2.24, 2.45) is 0 Å². The van der Waals surface area contributed by atoms with Crippen molar-refractivity contribution >= 4 is 5.69 Å². The number of aromatic nitrogens is 2. The molecule has 3 heteroatoms. The molecule has 1 aromatic heterocycles. The van der Waals surface area contributed by atoms with Gasteiger partial charge in [-0.05, 0) is 12.0 Å². The maximum absolute atomic E-state index is 4.04. The van der Waals surface area contributed by atoms with Gasteiger partial charge in [-0.2, -0.15) is 0 Å². The molecule has 1 heterocycles. The van der Waals surface area contributed by atoms with Gasteiger partial charge >= 0.3 is 0 Å². The van der Waals surface area contributed by atoms with Crippen LogP contribution in [0.5, 0.6) is 0 Å². The molecule has 18 heavy (non-hydrogen) atoms. The second-order valence-electron chi connectivity index (χ2n) is 4.38. The number of hydrogen-bond acceptors (Lipinski definition) is 3. The summed E-state index contributed by atoms with van der Waals surface area (Å²) in [6.45, 7) is 2.22. The standard InChI is InChI=1S/C15H19N3/c1-2-3-9-15(13-7-5-4-6-8-13)18-14-10-16-12-17-11-14/h4-8,10-12,15,18H,2-3,9H2,1H3. The number of unbranched alkanes of at least 4 members (excludes halogenated alkanes) is 1. The van der Waals surface area contributed by atoms with Crippen molar-refractivity contribution in [2.45, 2.75) is 32.2 Å². The van der Waals surface area contributed by atoms with Crippen LogP contribution in [0.15, 0.2) is 49.1 Å². The zero-order valence-corrected chi connectivity index (χ0v) is 10.7. The molecule has 1 aromatic carbocycles. The fourth-order valence-corrected chi connectivity index (χ4v) is 1.99. The summed E-state index contributed by atoms with van der Waals surface area (Å²) < 4.78 is 0. The summed E-state index contributed by atoms with van der Waals surface area (Å²) in [5.74, 6) is 0. The lowest BCUT2D eigenvalue weighted by molar-refractivity contribution is 0.634. The van der Waals surface area contributed by atoms with Gasteiger partial charge in [-0.3, -0.25) is 0 Å². The summed E-state index contributed by atoms with van der Waals surface area (Å²) in [5, 5.41) is 3.51. The molecule has 0 aliphatic carbocycles. The Morgan fingerprint density at radius 3 is 2.50 bits per heavy atom. The van der Waals surface area contributed by atoms with Gasteiger partial charge in [-0.15, -0.1) is 0 Å². The number of benzene rings is 1. The van der Waals surface area contributed by atoms with E-state index >= 15 is 0 Å². The van der Waals surface area contributed by atoms with Crippen LogP contribution in [0.25, 0.3) is 0 Å². The molecular formula is C15H19N3. The molecule has 0 amide bonds. The minimum absolute atomic E-state index is 0.331. The van der Waals surface area contributed by atoms with Gasteiger partial charge in [0.2, 0.25) is 0 Å². The predicted molar refractivity (Wildman–Crippen MR) is 74.4 cm³/mol. The van der Waals surface area contributed by atoms with E-state index in [1.165, 1.54) is 18.4 Å². The highest BCUT2D eigenvalue weighted by molar-refractivity contribution is 5.40. The summed E-state index contributed by atoms with van der Waals surface area (Å²) in [5.41, 5.74) is 2.29. The van der Waals surface area contributed by atoms with Crippen LogP contribution in [0.4, 0.5) is 5.69 Å². The van der Waals surface area contributed by atoms with Crippen molar-refractivity contribution < 1.29 is 0 Å². The van der Waals surface area contributed by atoms with E-state index in [4.69, 9.17) is 0 Å². The van der Waals surface area contributed by atoms with E-state index in [2.05, 4.69) is 46.5 Å². The molecule has 0 bridgehead atoms. The predicted octanol–water partition coefficient (Wildman–Crippen LogP) is 3.82. The van der Waals surface area contributed by atoms with Gasteiger partial charge in [0.25, 0.3) is 0 Å². The van der Waals surface area contributed by atoms with E-state index in [9.17, 15) is 0 Å². The molecule has 2 aromatic rings.